The minimum Gasteiger partial charge on any atom is -0.323 e. The number of hydrogen-bond donors (Lipinski definition) is 1. The van der Waals surface area contributed by atoms with Crippen molar-refractivity contribution in [1.29, 1.82) is 0 Å². The molecule has 1 aliphatic rings. The lowest BCUT2D eigenvalue weighted by atomic mass is 9.95. The molecular weight excluding hydrogens is 310 g/mol. The molecule has 1 aliphatic heterocycles. The molecule has 5 heteroatoms. The summed E-state index contributed by atoms with van der Waals surface area (Å²) in [6, 6.07) is 13.4. The standard InChI is InChI=1S/C19H20F2N2O/c20-16-6-7-18(17(21)12-16)22-19(24)15-8-10-23(11-9-15)13-14-4-2-1-3-5-14/h1-7,12,15H,8-11,13H2,(H,22,24). The second kappa shape index (κ2) is 7.53. The monoisotopic (exact) mass is 330 g/mol. The van der Waals surface area contributed by atoms with Crippen molar-refractivity contribution >= 4 is 11.6 Å². The molecule has 1 saturated heterocycles. The fraction of sp³-hybridized carbons (Fsp3) is 0.316. The van der Waals surface area contributed by atoms with Gasteiger partial charge in [-0.2, -0.15) is 0 Å². The molecule has 0 aliphatic carbocycles. The first kappa shape index (κ1) is 16.6. The normalized spacial score (nSPS) is 16.1. The molecule has 126 valence electrons. The van der Waals surface area contributed by atoms with Gasteiger partial charge in [-0.05, 0) is 43.6 Å². The summed E-state index contributed by atoms with van der Waals surface area (Å²) in [5.41, 5.74) is 1.29. The van der Waals surface area contributed by atoms with E-state index < -0.39 is 11.6 Å². The van der Waals surface area contributed by atoms with Gasteiger partial charge in [-0.3, -0.25) is 9.69 Å². The molecule has 0 bridgehead atoms. The van der Waals surface area contributed by atoms with Crippen molar-refractivity contribution in [3.63, 3.8) is 0 Å². The van der Waals surface area contributed by atoms with Gasteiger partial charge in [0.05, 0.1) is 5.69 Å². The Labute approximate surface area is 140 Å². The van der Waals surface area contributed by atoms with Gasteiger partial charge in [-0.1, -0.05) is 30.3 Å². The second-order valence-corrected chi connectivity index (χ2v) is 6.15. The summed E-state index contributed by atoms with van der Waals surface area (Å²) in [6.45, 7) is 2.54. The predicted molar refractivity (Wildman–Crippen MR) is 89.4 cm³/mol. The van der Waals surface area contributed by atoms with Crippen LogP contribution in [0.4, 0.5) is 14.5 Å². The van der Waals surface area contributed by atoms with E-state index in [9.17, 15) is 13.6 Å². The Bertz CT molecular complexity index is 698. The van der Waals surface area contributed by atoms with Gasteiger partial charge < -0.3 is 5.32 Å². The highest BCUT2D eigenvalue weighted by Crippen LogP contribution is 2.22. The molecule has 0 atom stereocenters. The molecule has 0 radical (unpaired) electrons. The van der Waals surface area contributed by atoms with Gasteiger partial charge in [0.1, 0.15) is 11.6 Å². The van der Waals surface area contributed by atoms with Crippen LogP contribution in [-0.4, -0.2) is 23.9 Å². The van der Waals surface area contributed by atoms with E-state index in [1.54, 1.807) is 0 Å². The van der Waals surface area contributed by atoms with Crippen molar-refractivity contribution in [2.45, 2.75) is 19.4 Å². The number of nitrogens with one attached hydrogen (secondary N) is 1. The number of benzene rings is 2. The van der Waals surface area contributed by atoms with Gasteiger partial charge in [0.25, 0.3) is 0 Å². The van der Waals surface area contributed by atoms with Crippen LogP contribution in [-0.2, 0) is 11.3 Å². The van der Waals surface area contributed by atoms with Crippen LogP contribution in [0, 0.1) is 17.6 Å². The lowest BCUT2D eigenvalue weighted by Gasteiger charge is -2.31. The van der Waals surface area contributed by atoms with E-state index in [1.807, 2.05) is 18.2 Å². The summed E-state index contributed by atoms with van der Waals surface area (Å²) in [6.07, 6.45) is 1.48. The van der Waals surface area contributed by atoms with E-state index in [0.29, 0.717) is 0 Å². The number of halogens is 2. The number of piperidine rings is 1. The first-order valence-electron chi connectivity index (χ1n) is 8.14. The highest BCUT2D eigenvalue weighted by atomic mass is 19.1. The van der Waals surface area contributed by atoms with Gasteiger partial charge >= 0.3 is 0 Å². The number of likely N-dealkylation sites (tertiary alicyclic amines) is 1. The Morgan fingerprint density at radius 3 is 2.46 bits per heavy atom. The summed E-state index contributed by atoms with van der Waals surface area (Å²) in [7, 11) is 0. The summed E-state index contributed by atoms with van der Waals surface area (Å²) >= 11 is 0. The number of carbonyl (C=O) groups is 1. The largest absolute Gasteiger partial charge is 0.323 e. The molecule has 2 aromatic rings. The topological polar surface area (TPSA) is 32.3 Å². The van der Waals surface area contributed by atoms with Crippen LogP contribution in [0.1, 0.15) is 18.4 Å². The summed E-state index contributed by atoms with van der Waals surface area (Å²) in [4.78, 5) is 14.6. The maximum absolute atomic E-state index is 13.6. The first-order chi connectivity index (χ1) is 11.6. The van der Waals surface area contributed by atoms with E-state index in [2.05, 4.69) is 22.3 Å². The Balaban J connectivity index is 1.51. The molecule has 1 N–H and O–H groups in total. The van der Waals surface area contributed by atoms with E-state index in [-0.39, 0.29) is 17.5 Å². The van der Waals surface area contributed by atoms with Gasteiger partial charge in [0, 0.05) is 18.5 Å². The number of carbonyl (C=O) groups excluding carboxylic acids is 1. The molecule has 0 unspecified atom stereocenters. The molecule has 24 heavy (non-hydrogen) atoms. The average Bonchev–Trinajstić information content (AvgIpc) is 2.59. The molecule has 1 amide bonds. The molecule has 1 heterocycles. The maximum Gasteiger partial charge on any atom is 0.227 e. The number of anilines is 1. The highest BCUT2D eigenvalue weighted by Gasteiger charge is 2.25. The number of nitrogens with zero attached hydrogens (tertiary/aromatic N) is 1. The summed E-state index contributed by atoms with van der Waals surface area (Å²) in [5.74, 6) is -1.73. The molecule has 3 nitrogen and oxygen atoms in total. The van der Waals surface area contributed by atoms with Crippen molar-refractivity contribution in [2.75, 3.05) is 18.4 Å². The predicted octanol–water partition coefficient (Wildman–Crippen LogP) is 3.82. The fourth-order valence-electron chi connectivity index (χ4n) is 3.02. The smallest absolute Gasteiger partial charge is 0.227 e. The van der Waals surface area contributed by atoms with Crippen molar-refractivity contribution in [3.8, 4) is 0 Å². The fourth-order valence-corrected chi connectivity index (χ4v) is 3.02. The lowest BCUT2D eigenvalue weighted by Crippen LogP contribution is -2.37. The molecular formula is C19H20F2N2O. The van der Waals surface area contributed by atoms with Crippen LogP contribution < -0.4 is 5.32 Å². The molecule has 0 spiro atoms. The van der Waals surface area contributed by atoms with Crippen LogP contribution in [0.2, 0.25) is 0 Å². The van der Waals surface area contributed by atoms with Crippen LogP contribution in [0.5, 0.6) is 0 Å². The minimum absolute atomic E-state index is 0.0353. The van der Waals surface area contributed by atoms with E-state index in [1.165, 1.54) is 11.6 Å². The number of rotatable bonds is 4. The first-order valence-corrected chi connectivity index (χ1v) is 8.14. The third-order valence-corrected chi connectivity index (χ3v) is 4.40. The van der Waals surface area contributed by atoms with Crippen LogP contribution in [0.25, 0.3) is 0 Å². The van der Waals surface area contributed by atoms with Crippen molar-refractivity contribution in [2.24, 2.45) is 5.92 Å². The number of amides is 1. The summed E-state index contributed by atoms with van der Waals surface area (Å²) in [5, 5.41) is 2.57. The Morgan fingerprint density at radius 2 is 1.79 bits per heavy atom. The quantitative estimate of drug-likeness (QED) is 0.924. The van der Waals surface area contributed by atoms with E-state index in [0.717, 1.165) is 44.6 Å². The molecule has 2 aromatic carbocycles. The molecule has 3 rings (SSSR count). The highest BCUT2D eigenvalue weighted by molar-refractivity contribution is 5.92. The van der Waals surface area contributed by atoms with Gasteiger partial charge in [0.15, 0.2) is 0 Å². The second-order valence-electron chi connectivity index (χ2n) is 6.15. The zero-order chi connectivity index (χ0) is 16.9. The maximum atomic E-state index is 13.6. The van der Waals surface area contributed by atoms with E-state index in [4.69, 9.17) is 0 Å². The number of hydrogen-bond acceptors (Lipinski definition) is 2. The van der Waals surface area contributed by atoms with Crippen molar-refractivity contribution < 1.29 is 13.6 Å². The van der Waals surface area contributed by atoms with E-state index >= 15 is 0 Å². The zero-order valence-corrected chi connectivity index (χ0v) is 13.3. The van der Waals surface area contributed by atoms with Crippen LogP contribution in [0.15, 0.2) is 48.5 Å². The minimum atomic E-state index is -0.745. The average molecular weight is 330 g/mol. The van der Waals surface area contributed by atoms with Crippen LogP contribution >= 0.6 is 0 Å². The van der Waals surface area contributed by atoms with Crippen molar-refractivity contribution in [1.82, 2.24) is 4.90 Å². The molecule has 0 aromatic heterocycles. The molecule has 1 fully saturated rings. The van der Waals surface area contributed by atoms with Gasteiger partial charge in [-0.15, -0.1) is 0 Å². The zero-order valence-electron chi connectivity index (χ0n) is 13.3. The Kier molecular flexibility index (Phi) is 5.20. The third-order valence-electron chi connectivity index (χ3n) is 4.40. The summed E-state index contributed by atoms with van der Waals surface area (Å²) < 4.78 is 26.5. The third kappa shape index (κ3) is 4.17. The van der Waals surface area contributed by atoms with Crippen molar-refractivity contribution in [3.05, 3.63) is 65.7 Å². The van der Waals surface area contributed by atoms with Gasteiger partial charge in [-0.25, -0.2) is 8.78 Å². The Morgan fingerprint density at radius 1 is 1.08 bits per heavy atom. The van der Waals surface area contributed by atoms with Gasteiger partial charge in [0.2, 0.25) is 5.91 Å². The lowest BCUT2D eigenvalue weighted by molar-refractivity contribution is -0.121. The van der Waals surface area contributed by atoms with Crippen LogP contribution in [0.3, 0.4) is 0 Å². The SMILES string of the molecule is O=C(Nc1ccc(F)cc1F)C1CCN(Cc2ccccc2)CC1. The molecule has 0 saturated carbocycles. The Hall–Kier alpha value is -2.27.